The second kappa shape index (κ2) is 7.28. The van der Waals surface area contributed by atoms with Gasteiger partial charge in [-0.1, -0.05) is 12.8 Å². The van der Waals surface area contributed by atoms with Gasteiger partial charge in [-0.15, -0.1) is 0 Å². The van der Waals surface area contributed by atoms with Gasteiger partial charge in [0.15, 0.2) is 0 Å². The van der Waals surface area contributed by atoms with Crippen molar-refractivity contribution < 1.29 is 4.79 Å². The number of carbonyl (C=O) groups is 1. The van der Waals surface area contributed by atoms with Gasteiger partial charge in [0.25, 0.3) is 0 Å². The minimum Gasteiger partial charge on any atom is -0.356 e. The molecule has 1 aromatic heterocycles. The van der Waals surface area contributed by atoms with Gasteiger partial charge in [0.1, 0.15) is 12.1 Å². The van der Waals surface area contributed by atoms with Crippen LogP contribution in [0.4, 0.5) is 5.82 Å². The maximum atomic E-state index is 12.4. The Bertz CT molecular complexity index is 534. The molecule has 0 bridgehead atoms. The van der Waals surface area contributed by atoms with Crippen molar-refractivity contribution in [1.29, 1.82) is 0 Å². The van der Waals surface area contributed by atoms with Crippen molar-refractivity contribution >= 4 is 11.7 Å². The van der Waals surface area contributed by atoms with Crippen LogP contribution in [0, 0.1) is 12.8 Å². The van der Waals surface area contributed by atoms with Gasteiger partial charge in [-0.05, 0) is 38.5 Å². The lowest BCUT2D eigenvalue weighted by Crippen LogP contribution is -2.46. The number of rotatable bonds is 4. The van der Waals surface area contributed by atoms with Crippen LogP contribution in [0.25, 0.3) is 0 Å². The zero-order valence-corrected chi connectivity index (χ0v) is 14.4. The van der Waals surface area contributed by atoms with Gasteiger partial charge >= 0.3 is 0 Å². The molecule has 0 aromatic carbocycles. The maximum Gasteiger partial charge on any atom is 0.222 e. The average Bonchev–Trinajstić information content (AvgIpc) is 3.07. The van der Waals surface area contributed by atoms with Crippen LogP contribution in [0.1, 0.15) is 50.6 Å². The fourth-order valence-corrected chi connectivity index (χ4v) is 3.91. The van der Waals surface area contributed by atoms with Crippen molar-refractivity contribution in [3.8, 4) is 0 Å². The lowest BCUT2D eigenvalue weighted by Gasteiger charge is -2.37. The van der Waals surface area contributed by atoms with Crippen molar-refractivity contribution in [2.45, 2.75) is 57.9 Å². The lowest BCUT2D eigenvalue weighted by molar-refractivity contribution is -0.133. The van der Waals surface area contributed by atoms with E-state index in [0.717, 1.165) is 43.9 Å². The molecule has 5 nitrogen and oxygen atoms in total. The van der Waals surface area contributed by atoms with E-state index in [4.69, 9.17) is 0 Å². The van der Waals surface area contributed by atoms with E-state index in [-0.39, 0.29) is 0 Å². The van der Waals surface area contributed by atoms with Crippen molar-refractivity contribution in [3.63, 3.8) is 0 Å². The first kappa shape index (κ1) is 16.2. The fourth-order valence-electron chi connectivity index (χ4n) is 3.91. The molecule has 0 atom stereocenters. The zero-order chi connectivity index (χ0) is 16.2. The summed E-state index contributed by atoms with van der Waals surface area (Å²) in [5.41, 5.74) is 0.992. The van der Waals surface area contributed by atoms with Crippen LogP contribution >= 0.6 is 0 Å². The summed E-state index contributed by atoms with van der Waals surface area (Å²) in [4.78, 5) is 25.3. The highest BCUT2D eigenvalue weighted by Gasteiger charge is 2.28. The molecule has 1 aliphatic heterocycles. The fraction of sp³-hybridized carbons (Fsp3) is 0.722. The highest BCUT2D eigenvalue weighted by molar-refractivity contribution is 5.76. The Morgan fingerprint density at radius 2 is 1.91 bits per heavy atom. The largest absolute Gasteiger partial charge is 0.356 e. The smallest absolute Gasteiger partial charge is 0.222 e. The van der Waals surface area contributed by atoms with Crippen LogP contribution in [0.3, 0.4) is 0 Å². The Morgan fingerprint density at radius 3 is 2.57 bits per heavy atom. The molecule has 1 aromatic rings. The molecule has 2 fully saturated rings. The molecule has 0 radical (unpaired) electrons. The second-order valence-electron chi connectivity index (χ2n) is 7.10. The summed E-state index contributed by atoms with van der Waals surface area (Å²) in [5, 5.41) is 0. The molecule has 23 heavy (non-hydrogen) atoms. The number of piperidine rings is 1. The van der Waals surface area contributed by atoms with Gasteiger partial charge in [-0.25, -0.2) is 9.97 Å². The van der Waals surface area contributed by atoms with E-state index in [1.165, 1.54) is 25.7 Å². The monoisotopic (exact) mass is 316 g/mol. The van der Waals surface area contributed by atoms with Crippen molar-refractivity contribution in [3.05, 3.63) is 18.1 Å². The minimum absolute atomic E-state index is 0.371. The Labute approximate surface area is 139 Å². The Morgan fingerprint density at radius 1 is 1.22 bits per heavy atom. The summed E-state index contributed by atoms with van der Waals surface area (Å²) in [6, 6.07) is 2.48. The standard InChI is InChI=1S/C18H28N4O/c1-14-11-17(20-13-19-14)21(2)16-7-9-22(10-8-16)18(23)12-15-5-3-4-6-15/h11,13,15-16H,3-10,12H2,1-2H3. The second-order valence-corrected chi connectivity index (χ2v) is 7.10. The number of aryl methyl sites for hydroxylation is 1. The molecule has 1 saturated carbocycles. The van der Waals surface area contributed by atoms with Gasteiger partial charge in [-0.2, -0.15) is 0 Å². The summed E-state index contributed by atoms with van der Waals surface area (Å²) in [5.74, 6) is 2.00. The van der Waals surface area contributed by atoms with Crippen LogP contribution < -0.4 is 4.90 Å². The van der Waals surface area contributed by atoms with Gasteiger partial charge in [-0.3, -0.25) is 4.79 Å². The first-order valence-electron chi connectivity index (χ1n) is 8.92. The highest BCUT2D eigenvalue weighted by atomic mass is 16.2. The third-order valence-electron chi connectivity index (χ3n) is 5.45. The van der Waals surface area contributed by atoms with Crippen molar-refractivity contribution in [1.82, 2.24) is 14.9 Å². The van der Waals surface area contributed by atoms with Gasteiger partial charge in [0.05, 0.1) is 0 Å². The van der Waals surface area contributed by atoms with E-state index in [9.17, 15) is 4.79 Å². The Kier molecular flexibility index (Phi) is 5.13. The van der Waals surface area contributed by atoms with Crippen LogP contribution in [0.15, 0.2) is 12.4 Å². The molecule has 5 heteroatoms. The third-order valence-corrected chi connectivity index (χ3v) is 5.45. The normalized spacial score (nSPS) is 20.0. The average molecular weight is 316 g/mol. The number of nitrogens with zero attached hydrogens (tertiary/aromatic N) is 4. The summed E-state index contributed by atoms with van der Waals surface area (Å²) >= 11 is 0. The predicted octanol–water partition coefficient (Wildman–Crippen LogP) is 2.79. The number of aromatic nitrogens is 2. The quantitative estimate of drug-likeness (QED) is 0.857. The molecule has 1 amide bonds. The number of likely N-dealkylation sites (tertiary alicyclic amines) is 1. The molecule has 1 aliphatic carbocycles. The summed E-state index contributed by atoms with van der Waals surface area (Å²) in [6.45, 7) is 3.75. The molecule has 126 valence electrons. The zero-order valence-electron chi connectivity index (χ0n) is 14.4. The summed E-state index contributed by atoms with van der Waals surface area (Å²) < 4.78 is 0. The molecule has 3 rings (SSSR count). The molecule has 1 saturated heterocycles. The molecule has 2 aliphatic rings. The van der Waals surface area contributed by atoms with Crippen molar-refractivity contribution in [2.75, 3.05) is 25.0 Å². The number of amides is 1. The first-order chi connectivity index (χ1) is 11.1. The summed E-state index contributed by atoms with van der Waals surface area (Å²) in [7, 11) is 2.10. The molecule has 0 spiro atoms. The van der Waals surface area contributed by atoms with Crippen LogP contribution in [0.5, 0.6) is 0 Å². The highest BCUT2D eigenvalue weighted by Crippen LogP contribution is 2.29. The summed E-state index contributed by atoms with van der Waals surface area (Å²) in [6.07, 6.45) is 9.56. The lowest BCUT2D eigenvalue weighted by atomic mass is 10.00. The van der Waals surface area contributed by atoms with Crippen molar-refractivity contribution in [2.24, 2.45) is 5.92 Å². The van der Waals surface area contributed by atoms with Crippen LogP contribution in [-0.2, 0) is 4.79 Å². The molecular weight excluding hydrogens is 288 g/mol. The van der Waals surface area contributed by atoms with E-state index >= 15 is 0 Å². The van der Waals surface area contributed by atoms with E-state index < -0.39 is 0 Å². The molecule has 0 N–H and O–H groups in total. The van der Waals surface area contributed by atoms with Crippen LogP contribution in [0.2, 0.25) is 0 Å². The first-order valence-corrected chi connectivity index (χ1v) is 8.92. The number of hydrogen-bond donors (Lipinski definition) is 0. The third kappa shape index (κ3) is 4.01. The topological polar surface area (TPSA) is 49.3 Å². The van der Waals surface area contributed by atoms with Crippen LogP contribution in [-0.4, -0.2) is 47.0 Å². The SMILES string of the molecule is Cc1cc(N(C)C2CCN(C(=O)CC3CCCC3)CC2)ncn1. The Balaban J connectivity index is 1.50. The number of anilines is 1. The van der Waals surface area contributed by atoms with Gasteiger partial charge in [0, 0.05) is 44.4 Å². The predicted molar refractivity (Wildman–Crippen MR) is 91.3 cm³/mol. The molecule has 2 heterocycles. The maximum absolute atomic E-state index is 12.4. The Hall–Kier alpha value is -1.65. The minimum atomic E-state index is 0.371. The number of hydrogen-bond acceptors (Lipinski definition) is 4. The van der Waals surface area contributed by atoms with E-state index in [1.54, 1.807) is 6.33 Å². The van der Waals surface area contributed by atoms with E-state index in [2.05, 4.69) is 26.8 Å². The van der Waals surface area contributed by atoms with E-state index in [1.807, 2.05) is 13.0 Å². The van der Waals surface area contributed by atoms with Gasteiger partial charge < -0.3 is 9.80 Å². The molecule has 0 unspecified atom stereocenters. The van der Waals surface area contributed by atoms with E-state index in [0.29, 0.717) is 17.9 Å². The molecular formula is C18H28N4O. The number of carbonyl (C=O) groups excluding carboxylic acids is 1. The van der Waals surface area contributed by atoms with Gasteiger partial charge in [0.2, 0.25) is 5.91 Å².